The second-order valence-corrected chi connectivity index (χ2v) is 4.38. The van der Waals surface area contributed by atoms with Crippen LogP contribution in [0, 0.1) is 11.8 Å². The Morgan fingerprint density at radius 3 is 3.17 bits per heavy atom. The van der Waals surface area contributed by atoms with Crippen LogP contribution in [-0.2, 0) is 6.54 Å². The van der Waals surface area contributed by atoms with Crippen molar-refractivity contribution in [3.05, 3.63) is 46.0 Å². The molecule has 0 bridgehead atoms. The first-order chi connectivity index (χ1) is 8.79. The minimum Gasteiger partial charge on any atom is -0.467 e. The Labute approximate surface area is 109 Å². The molecular formula is C13H12N2O2S. The average molecular weight is 260 g/mol. The fourth-order valence-corrected chi connectivity index (χ4v) is 2.10. The van der Waals surface area contributed by atoms with Crippen molar-refractivity contribution in [2.75, 3.05) is 6.54 Å². The highest BCUT2D eigenvalue weighted by atomic mass is 32.1. The third kappa shape index (κ3) is 3.23. The highest BCUT2D eigenvalue weighted by molar-refractivity contribution is 7.10. The van der Waals surface area contributed by atoms with Crippen LogP contribution in [0.4, 0.5) is 0 Å². The fraction of sp³-hybridized carbons (Fsp3) is 0.154. The molecule has 0 unspecified atom stereocenters. The monoisotopic (exact) mass is 260 g/mol. The Bertz CT molecular complexity index is 576. The van der Waals surface area contributed by atoms with Crippen molar-refractivity contribution in [2.24, 2.45) is 5.73 Å². The zero-order valence-corrected chi connectivity index (χ0v) is 10.4. The normalized spacial score (nSPS) is 9.61. The Hall–Kier alpha value is -2.03. The maximum atomic E-state index is 11.8. The van der Waals surface area contributed by atoms with E-state index in [1.165, 1.54) is 11.3 Å². The number of amides is 1. The molecule has 2 rings (SSSR count). The van der Waals surface area contributed by atoms with E-state index in [0.29, 0.717) is 18.7 Å². The van der Waals surface area contributed by atoms with E-state index >= 15 is 0 Å². The van der Waals surface area contributed by atoms with Crippen LogP contribution in [0.2, 0.25) is 0 Å². The van der Waals surface area contributed by atoms with Gasteiger partial charge in [0.1, 0.15) is 5.76 Å². The van der Waals surface area contributed by atoms with Gasteiger partial charge < -0.3 is 15.5 Å². The number of carbonyl (C=O) groups is 1. The summed E-state index contributed by atoms with van der Waals surface area (Å²) in [6.07, 6.45) is 1.58. The van der Waals surface area contributed by atoms with Gasteiger partial charge in [-0.1, -0.05) is 11.8 Å². The molecule has 0 spiro atoms. The molecule has 0 saturated carbocycles. The van der Waals surface area contributed by atoms with Gasteiger partial charge in [-0.25, -0.2) is 0 Å². The van der Waals surface area contributed by atoms with Gasteiger partial charge in [-0.2, -0.15) is 0 Å². The number of thiophene rings is 1. The SMILES string of the molecule is NCC#Cc1cc(C(=O)NCc2ccco2)cs1. The average Bonchev–Trinajstić information content (AvgIpc) is 3.04. The summed E-state index contributed by atoms with van der Waals surface area (Å²) in [6, 6.07) is 5.35. The molecule has 0 aliphatic heterocycles. The number of nitrogens with two attached hydrogens (primary N) is 1. The zero-order chi connectivity index (χ0) is 12.8. The second kappa shape index (κ2) is 6.05. The van der Waals surface area contributed by atoms with E-state index in [2.05, 4.69) is 17.2 Å². The molecular weight excluding hydrogens is 248 g/mol. The lowest BCUT2D eigenvalue weighted by molar-refractivity contribution is 0.0948. The van der Waals surface area contributed by atoms with Crippen molar-refractivity contribution < 1.29 is 9.21 Å². The van der Waals surface area contributed by atoms with Crippen molar-refractivity contribution in [2.45, 2.75) is 6.54 Å². The maximum Gasteiger partial charge on any atom is 0.252 e. The molecule has 0 saturated heterocycles. The lowest BCUT2D eigenvalue weighted by Crippen LogP contribution is -2.21. The lowest BCUT2D eigenvalue weighted by Gasteiger charge is -2.00. The number of hydrogen-bond acceptors (Lipinski definition) is 4. The van der Waals surface area contributed by atoms with Crippen molar-refractivity contribution in [3.8, 4) is 11.8 Å². The van der Waals surface area contributed by atoms with Gasteiger partial charge in [0.05, 0.1) is 29.8 Å². The molecule has 2 aromatic rings. The first-order valence-electron chi connectivity index (χ1n) is 5.37. The first-order valence-corrected chi connectivity index (χ1v) is 6.25. The predicted octanol–water partition coefficient (Wildman–Crippen LogP) is 1.58. The summed E-state index contributed by atoms with van der Waals surface area (Å²) in [4.78, 5) is 12.6. The minimum absolute atomic E-state index is 0.136. The van der Waals surface area contributed by atoms with Crippen molar-refractivity contribution >= 4 is 17.2 Å². The molecule has 3 N–H and O–H groups in total. The third-order valence-corrected chi connectivity index (χ3v) is 3.02. The summed E-state index contributed by atoms with van der Waals surface area (Å²) in [7, 11) is 0. The second-order valence-electron chi connectivity index (χ2n) is 3.47. The van der Waals surface area contributed by atoms with Gasteiger partial charge in [0.25, 0.3) is 5.91 Å². The minimum atomic E-state index is -0.136. The predicted molar refractivity (Wildman–Crippen MR) is 70.1 cm³/mol. The summed E-state index contributed by atoms with van der Waals surface area (Å²) in [6.45, 7) is 0.698. The number of furan rings is 1. The van der Waals surface area contributed by atoms with E-state index < -0.39 is 0 Å². The molecule has 92 valence electrons. The Kier molecular flexibility index (Phi) is 4.18. The van der Waals surface area contributed by atoms with Crippen molar-refractivity contribution in [3.63, 3.8) is 0 Å². The van der Waals surface area contributed by atoms with Crippen LogP contribution in [0.5, 0.6) is 0 Å². The standard InChI is InChI=1S/C13H12N2O2S/c14-5-1-4-12-7-10(9-18-12)13(16)15-8-11-3-2-6-17-11/h2-3,6-7,9H,5,8,14H2,(H,15,16). The topological polar surface area (TPSA) is 68.3 Å². The smallest absolute Gasteiger partial charge is 0.252 e. The van der Waals surface area contributed by atoms with Crippen LogP contribution in [0.15, 0.2) is 34.3 Å². The summed E-state index contributed by atoms with van der Waals surface area (Å²) in [5, 5.41) is 4.55. The van der Waals surface area contributed by atoms with Crippen LogP contribution >= 0.6 is 11.3 Å². The molecule has 0 radical (unpaired) electrons. The van der Waals surface area contributed by atoms with E-state index in [1.54, 1.807) is 23.8 Å². The van der Waals surface area contributed by atoms with E-state index in [1.807, 2.05) is 6.07 Å². The Morgan fingerprint density at radius 2 is 2.44 bits per heavy atom. The van der Waals surface area contributed by atoms with Crippen molar-refractivity contribution in [1.82, 2.24) is 5.32 Å². The number of rotatable bonds is 3. The van der Waals surface area contributed by atoms with Crippen LogP contribution in [-0.4, -0.2) is 12.5 Å². The number of nitrogens with one attached hydrogen (secondary N) is 1. The van der Waals surface area contributed by atoms with Gasteiger partial charge in [0.2, 0.25) is 0 Å². The summed E-state index contributed by atoms with van der Waals surface area (Å²) < 4.78 is 5.13. The van der Waals surface area contributed by atoms with E-state index in [9.17, 15) is 4.79 Å². The molecule has 1 amide bonds. The molecule has 0 fully saturated rings. The molecule has 18 heavy (non-hydrogen) atoms. The molecule has 0 aliphatic rings. The highest BCUT2D eigenvalue weighted by Gasteiger charge is 2.08. The molecule has 2 heterocycles. The third-order valence-electron chi connectivity index (χ3n) is 2.18. The van der Waals surface area contributed by atoms with Gasteiger partial charge in [-0.15, -0.1) is 11.3 Å². The van der Waals surface area contributed by atoms with E-state index in [4.69, 9.17) is 10.2 Å². The molecule has 4 nitrogen and oxygen atoms in total. The Balaban J connectivity index is 1.94. The molecule has 0 aliphatic carbocycles. The summed E-state index contributed by atoms with van der Waals surface area (Å²) >= 11 is 1.43. The molecule has 5 heteroatoms. The zero-order valence-electron chi connectivity index (χ0n) is 9.60. The van der Waals surface area contributed by atoms with E-state index in [-0.39, 0.29) is 5.91 Å². The lowest BCUT2D eigenvalue weighted by atomic mass is 10.3. The fourth-order valence-electron chi connectivity index (χ4n) is 1.34. The van der Waals surface area contributed by atoms with Gasteiger partial charge in [-0.3, -0.25) is 4.79 Å². The summed E-state index contributed by atoms with van der Waals surface area (Å²) in [5.41, 5.74) is 5.89. The van der Waals surface area contributed by atoms with Crippen LogP contribution in [0.3, 0.4) is 0 Å². The van der Waals surface area contributed by atoms with Crippen molar-refractivity contribution in [1.29, 1.82) is 0 Å². The van der Waals surface area contributed by atoms with Gasteiger partial charge >= 0.3 is 0 Å². The molecule has 2 aromatic heterocycles. The maximum absolute atomic E-state index is 11.8. The van der Waals surface area contributed by atoms with Gasteiger partial charge in [0, 0.05) is 5.38 Å². The van der Waals surface area contributed by atoms with Gasteiger partial charge in [0.15, 0.2) is 0 Å². The first kappa shape index (κ1) is 12.4. The van der Waals surface area contributed by atoms with Crippen LogP contribution in [0.1, 0.15) is 21.0 Å². The number of carbonyl (C=O) groups excluding carboxylic acids is 1. The van der Waals surface area contributed by atoms with E-state index in [0.717, 1.165) is 10.6 Å². The molecule has 0 atom stereocenters. The number of hydrogen-bond donors (Lipinski definition) is 2. The van der Waals surface area contributed by atoms with Gasteiger partial charge in [-0.05, 0) is 18.2 Å². The quantitative estimate of drug-likeness (QED) is 0.823. The van der Waals surface area contributed by atoms with Crippen LogP contribution < -0.4 is 11.1 Å². The van der Waals surface area contributed by atoms with Crippen LogP contribution in [0.25, 0.3) is 0 Å². The Morgan fingerprint density at radius 1 is 1.56 bits per heavy atom. The largest absolute Gasteiger partial charge is 0.467 e. The molecule has 0 aromatic carbocycles. The highest BCUT2D eigenvalue weighted by Crippen LogP contribution is 2.13. The summed E-state index contributed by atoms with van der Waals surface area (Å²) in [5.74, 6) is 6.24.